The van der Waals surface area contributed by atoms with Crippen molar-refractivity contribution in [2.75, 3.05) is 32.7 Å². The second kappa shape index (κ2) is 9.25. The molecule has 5 rings (SSSR count). The van der Waals surface area contributed by atoms with E-state index in [1.807, 2.05) is 12.1 Å². The van der Waals surface area contributed by atoms with Gasteiger partial charge in [-0.25, -0.2) is 0 Å². The van der Waals surface area contributed by atoms with Gasteiger partial charge in [0.25, 0.3) is 0 Å². The molecule has 0 spiro atoms. The van der Waals surface area contributed by atoms with E-state index in [4.69, 9.17) is 21.1 Å². The van der Waals surface area contributed by atoms with Crippen LogP contribution in [0.3, 0.4) is 0 Å². The molecule has 3 heterocycles. The van der Waals surface area contributed by atoms with E-state index in [1.54, 1.807) is 12.5 Å². The highest BCUT2D eigenvalue weighted by Gasteiger charge is 2.22. The number of hydrogen-bond acceptors (Lipinski definition) is 4. The molecule has 0 amide bonds. The molecule has 1 aromatic heterocycles. The van der Waals surface area contributed by atoms with Gasteiger partial charge in [-0.2, -0.15) is 0 Å². The molecule has 1 saturated heterocycles. The maximum absolute atomic E-state index is 6.27. The fraction of sp³-hybridized carbons (Fsp3) is 0.360. The van der Waals surface area contributed by atoms with Gasteiger partial charge in [-0.3, -0.25) is 4.90 Å². The number of ether oxygens (including phenoxy) is 2. The number of aryl methyl sites for hydroxylation is 1. The van der Waals surface area contributed by atoms with Crippen LogP contribution in [0.25, 0.3) is 10.9 Å². The van der Waals surface area contributed by atoms with Gasteiger partial charge in [0.1, 0.15) is 6.26 Å². The molecule has 0 atom stereocenters. The Morgan fingerprint density at radius 3 is 2.74 bits per heavy atom. The monoisotopic (exact) mass is 437 g/mol. The molecule has 1 aliphatic carbocycles. The number of benzene rings is 1. The number of hydrogen-bond donors (Lipinski definition) is 1. The van der Waals surface area contributed by atoms with Crippen LogP contribution in [0.15, 0.2) is 72.4 Å². The number of H-pyrrole nitrogens is 1. The molecule has 0 radical (unpaired) electrons. The molecule has 3 aliphatic rings. The van der Waals surface area contributed by atoms with Gasteiger partial charge in [0.15, 0.2) is 12.0 Å². The second-order valence-corrected chi connectivity index (χ2v) is 8.65. The molecule has 2 aliphatic heterocycles. The molecule has 1 aromatic carbocycles. The molecule has 5 nitrogen and oxygen atoms in total. The minimum atomic E-state index is 0.789. The Kier molecular flexibility index (Phi) is 6.05. The summed E-state index contributed by atoms with van der Waals surface area (Å²) in [6.45, 7) is 5.07. The van der Waals surface area contributed by atoms with Crippen LogP contribution in [0.5, 0.6) is 0 Å². The highest BCUT2D eigenvalue weighted by atomic mass is 35.5. The maximum atomic E-state index is 6.27. The number of para-hydroxylation sites is 1. The summed E-state index contributed by atoms with van der Waals surface area (Å²) < 4.78 is 11.8. The molecule has 2 aromatic rings. The summed E-state index contributed by atoms with van der Waals surface area (Å²) in [7, 11) is 0. The third-order valence-corrected chi connectivity index (χ3v) is 6.57. The average molecular weight is 438 g/mol. The number of rotatable bonds is 6. The molecule has 1 N–H and O–H groups in total. The van der Waals surface area contributed by atoms with Crippen molar-refractivity contribution in [2.45, 2.75) is 25.7 Å². The summed E-state index contributed by atoms with van der Waals surface area (Å²) in [5.74, 6) is 1.64. The van der Waals surface area contributed by atoms with E-state index in [0.29, 0.717) is 0 Å². The van der Waals surface area contributed by atoms with Crippen LogP contribution in [0, 0.1) is 0 Å². The number of piperazine rings is 1. The SMILES string of the molecule is Clc1cccc2c(CCCN3CCN(C4=COC(C5=CC=CCC5)=CO4)CC3)c[nH]c12. The summed E-state index contributed by atoms with van der Waals surface area (Å²) >= 11 is 6.27. The molecule has 1 fully saturated rings. The Balaban J connectivity index is 1.07. The Morgan fingerprint density at radius 1 is 1.06 bits per heavy atom. The van der Waals surface area contributed by atoms with Crippen LogP contribution in [0.2, 0.25) is 5.02 Å². The van der Waals surface area contributed by atoms with Crippen LogP contribution in [0.4, 0.5) is 0 Å². The van der Waals surface area contributed by atoms with Crippen molar-refractivity contribution in [3.63, 3.8) is 0 Å². The largest absolute Gasteiger partial charge is 0.456 e. The first-order valence-corrected chi connectivity index (χ1v) is 11.5. The van der Waals surface area contributed by atoms with Gasteiger partial charge in [0, 0.05) is 37.8 Å². The number of aromatic amines is 1. The van der Waals surface area contributed by atoms with Gasteiger partial charge in [-0.15, -0.1) is 0 Å². The van der Waals surface area contributed by atoms with Crippen molar-refractivity contribution in [3.8, 4) is 0 Å². The number of nitrogens with zero attached hydrogens (tertiary/aromatic N) is 2. The molecule has 6 heteroatoms. The lowest BCUT2D eigenvalue weighted by Crippen LogP contribution is -2.46. The molecule has 31 heavy (non-hydrogen) atoms. The smallest absolute Gasteiger partial charge is 0.231 e. The summed E-state index contributed by atoms with van der Waals surface area (Å²) in [6.07, 6.45) is 16.2. The number of aromatic nitrogens is 1. The van der Waals surface area contributed by atoms with E-state index in [2.05, 4.69) is 45.3 Å². The zero-order valence-electron chi connectivity index (χ0n) is 17.6. The Labute approximate surface area is 188 Å². The zero-order valence-corrected chi connectivity index (χ0v) is 18.4. The molecular formula is C25H28ClN3O2. The quantitative estimate of drug-likeness (QED) is 0.662. The lowest BCUT2D eigenvalue weighted by atomic mass is 10.0. The fourth-order valence-electron chi connectivity index (χ4n) is 4.46. The first-order valence-electron chi connectivity index (χ1n) is 11.1. The van der Waals surface area contributed by atoms with Gasteiger partial charge in [-0.1, -0.05) is 42.0 Å². The van der Waals surface area contributed by atoms with Gasteiger partial charge < -0.3 is 19.4 Å². The Hall–Kier alpha value is -2.63. The predicted molar refractivity (Wildman–Crippen MR) is 124 cm³/mol. The number of halogens is 1. The van der Waals surface area contributed by atoms with E-state index in [9.17, 15) is 0 Å². The van der Waals surface area contributed by atoms with E-state index < -0.39 is 0 Å². The van der Waals surface area contributed by atoms with Crippen molar-refractivity contribution in [2.24, 2.45) is 0 Å². The normalized spacial score (nSPS) is 19.5. The van der Waals surface area contributed by atoms with E-state index in [-0.39, 0.29) is 0 Å². The highest BCUT2D eigenvalue weighted by Crippen LogP contribution is 2.27. The van der Waals surface area contributed by atoms with Crippen molar-refractivity contribution >= 4 is 22.5 Å². The van der Waals surface area contributed by atoms with Crippen molar-refractivity contribution in [1.82, 2.24) is 14.8 Å². The topological polar surface area (TPSA) is 40.7 Å². The first-order chi connectivity index (χ1) is 15.3. The van der Waals surface area contributed by atoms with E-state index in [0.717, 1.165) is 80.6 Å². The molecule has 162 valence electrons. The van der Waals surface area contributed by atoms with Crippen molar-refractivity contribution < 1.29 is 9.47 Å². The van der Waals surface area contributed by atoms with Crippen LogP contribution < -0.4 is 0 Å². The third-order valence-electron chi connectivity index (χ3n) is 6.26. The van der Waals surface area contributed by atoms with Crippen molar-refractivity contribution in [3.05, 3.63) is 82.9 Å². The summed E-state index contributed by atoms with van der Waals surface area (Å²) in [6, 6.07) is 6.10. The Morgan fingerprint density at radius 2 is 1.97 bits per heavy atom. The second-order valence-electron chi connectivity index (χ2n) is 8.24. The lowest BCUT2D eigenvalue weighted by molar-refractivity contribution is 0.0842. The molecule has 0 bridgehead atoms. The van der Waals surface area contributed by atoms with Gasteiger partial charge >= 0.3 is 0 Å². The number of fused-ring (bicyclic) bond motifs is 1. The summed E-state index contributed by atoms with van der Waals surface area (Å²) in [4.78, 5) is 8.11. The molecule has 0 saturated carbocycles. The molecular weight excluding hydrogens is 410 g/mol. The Bertz CT molecular complexity index is 1060. The van der Waals surface area contributed by atoms with Gasteiger partial charge in [0.2, 0.25) is 5.88 Å². The molecule has 0 unspecified atom stereocenters. The minimum absolute atomic E-state index is 0.789. The minimum Gasteiger partial charge on any atom is -0.456 e. The van der Waals surface area contributed by atoms with E-state index in [1.165, 1.54) is 16.5 Å². The van der Waals surface area contributed by atoms with Crippen molar-refractivity contribution in [1.29, 1.82) is 0 Å². The van der Waals surface area contributed by atoms with Gasteiger partial charge in [-0.05, 0) is 49.4 Å². The standard InChI is InChI=1S/C25H28ClN3O2/c26-22-10-4-9-21-20(16-27-25(21)22)8-5-11-28-12-14-29(15-13-28)24-18-30-23(17-31-24)19-6-2-1-3-7-19/h1-2,4,6,9-10,16-18,27H,3,5,7-8,11-15H2. The third kappa shape index (κ3) is 4.53. The van der Waals surface area contributed by atoms with E-state index >= 15 is 0 Å². The number of nitrogens with one attached hydrogen (secondary N) is 1. The zero-order chi connectivity index (χ0) is 21.0. The predicted octanol–water partition coefficient (Wildman–Crippen LogP) is 5.34. The lowest BCUT2D eigenvalue weighted by Gasteiger charge is -2.36. The highest BCUT2D eigenvalue weighted by molar-refractivity contribution is 6.35. The number of allylic oxidation sites excluding steroid dienone is 4. The average Bonchev–Trinajstić information content (AvgIpc) is 3.25. The summed E-state index contributed by atoms with van der Waals surface area (Å²) in [5, 5.41) is 2.03. The van der Waals surface area contributed by atoms with Crippen LogP contribution in [-0.2, 0) is 15.9 Å². The maximum Gasteiger partial charge on any atom is 0.231 e. The van der Waals surface area contributed by atoms with Crippen LogP contribution >= 0.6 is 11.6 Å². The van der Waals surface area contributed by atoms with Crippen LogP contribution in [-0.4, -0.2) is 47.5 Å². The van der Waals surface area contributed by atoms with Crippen LogP contribution in [0.1, 0.15) is 24.8 Å². The summed E-state index contributed by atoms with van der Waals surface area (Å²) in [5.41, 5.74) is 3.59. The fourth-order valence-corrected chi connectivity index (χ4v) is 4.69. The van der Waals surface area contributed by atoms with Gasteiger partial charge in [0.05, 0.1) is 10.5 Å². The first kappa shape index (κ1) is 20.3.